The molecule has 0 saturated heterocycles. The van der Waals surface area contributed by atoms with Crippen molar-refractivity contribution in [2.24, 2.45) is 24.6 Å². The summed E-state index contributed by atoms with van der Waals surface area (Å²) in [5.41, 5.74) is 10.7. The molecule has 3 aromatic rings. The molecular weight excluding hydrogens is 453 g/mol. The van der Waals surface area contributed by atoms with Gasteiger partial charge >= 0.3 is 0 Å². The van der Waals surface area contributed by atoms with Gasteiger partial charge in [-0.1, -0.05) is 29.1 Å². The summed E-state index contributed by atoms with van der Waals surface area (Å²) >= 11 is 13.4. The smallest absolute Gasteiger partial charge is 0.167 e. The summed E-state index contributed by atoms with van der Waals surface area (Å²) in [5, 5.41) is 0.973. The molecule has 0 spiro atoms. The Bertz CT molecular complexity index is 1250. The lowest BCUT2D eigenvalue weighted by Gasteiger charge is -2.27. The number of Topliss-reactive ketones (excluding diaryl/α,β-unsaturated/α-hetero) is 1. The molecule has 1 aliphatic carbocycles. The van der Waals surface area contributed by atoms with Crippen molar-refractivity contribution in [3.63, 3.8) is 0 Å². The van der Waals surface area contributed by atoms with Gasteiger partial charge in [0.05, 0.1) is 16.1 Å². The fourth-order valence-corrected chi connectivity index (χ4v) is 5.62. The van der Waals surface area contributed by atoms with Gasteiger partial charge in [0, 0.05) is 35.5 Å². The van der Waals surface area contributed by atoms with Crippen LogP contribution in [0.2, 0.25) is 10.0 Å². The number of carbonyl (C=O) groups is 1. The molecule has 0 unspecified atom stereocenters. The van der Waals surface area contributed by atoms with E-state index in [4.69, 9.17) is 40.3 Å². The van der Waals surface area contributed by atoms with Crippen molar-refractivity contribution in [3.05, 3.63) is 62.4 Å². The van der Waals surface area contributed by atoms with Crippen LogP contribution in [0.25, 0.3) is 11.0 Å². The fraction of sp³-hybridized carbons (Fsp3) is 0.407. The third-order valence-electron chi connectivity index (χ3n) is 7.02. The zero-order valence-electron chi connectivity index (χ0n) is 19.1. The molecule has 0 amide bonds. The molecule has 0 aliphatic heterocycles. The minimum Gasteiger partial charge on any atom is -0.331 e. The Labute approximate surface area is 205 Å². The third-order valence-corrected chi connectivity index (χ3v) is 7.80. The second kappa shape index (κ2) is 9.89. The van der Waals surface area contributed by atoms with Gasteiger partial charge in [-0.3, -0.25) is 4.79 Å². The summed E-state index contributed by atoms with van der Waals surface area (Å²) in [7, 11) is 1.96. The number of terminal acetylenes is 1. The molecular formula is C27H29Cl2N3O. The number of nitrogens with zero attached hydrogens (tertiary/aromatic N) is 2. The summed E-state index contributed by atoms with van der Waals surface area (Å²) in [5.74, 6) is 4.27. The summed E-state index contributed by atoms with van der Waals surface area (Å²) in [4.78, 5) is 18.2. The molecule has 4 rings (SSSR count). The molecule has 172 valence electrons. The number of hydrogen-bond donors (Lipinski definition) is 1. The van der Waals surface area contributed by atoms with Crippen LogP contribution in [0.3, 0.4) is 0 Å². The van der Waals surface area contributed by atoms with Crippen LogP contribution in [0.5, 0.6) is 0 Å². The van der Waals surface area contributed by atoms with E-state index < -0.39 is 0 Å². The van der Waals surface area contributed by atoms with Crippen molar-refractivity contribution in [2.75, 3.05) is 6.54 Å². The monoisotopic (exact) mass is 481 g/mol. The molecule has 2 N–H and O–H groups in total. The first-order chi connectivity index (χ1) is 15.8. The lowest BCUT2D eigenvalue weighted by atomic mass is 9.77. The molecule has 0 radical (unpaired) electrons. The second-order valence-corrected chi connectivity index (χ2v) is 9.90. The molecule has 1 aromatic heterocycles. The third kappa shape index (κ3) is 4.68. The van der Waals surface area contributed by atoms with Crippen LogP contribution in [0.15, 0.2) is 24.3 Å². The normalized spacial score (nSPS) is 18.4. The van der Waals surface area contributed by atoms with Crippen molar-refractivity contribution in [1.29, 1.82) is 0 Å². The van der Waals surface area contributed by atoms with E-state index in [-0.39, 0.29) is 11.7 Å². The quantitative estimate of drug-likeness (QED) is 0.341. The highest BCUT2D eigenvalue weighted by Gasteiger charge is 2.29. The van der Waals surface area contributed by atoms with Crippen LogP contribution in [0.1, 0.15) is 65.0 Å². The van der Waals surface area contributed by atoms with Gasteiger partial charge in [0.2, 0.25) is 0 Å². The topological polar surface area (TPSA) is 60.9 Å². The van der Waals surface area contributed by atoms with Crippen molar-refractivity contribution in [1.82, 2.24) is 9.55 Å². The van der Waals surface area contributed by atoms with Gasteiger partial charge in [0.15, 0.2) is 5.78 Å². The van der Waals surface area contributed by atoms with Crippen molar-refractivity contribution in [2.45, 2.75) is 45.4 Å². The average molecular weight is 482 g/mol. The number of ketones is 1. The maximum atomic E-state index is 13.3. The van der Waals surface area contributed by atoms with E-state index in [0.29, 0.717) is 34.5 Å². The van der Waals surface area contributed by atoms with Crippen molar-refractivity contribution in [3.8, 4) is 12.3 Å². The van der Waals surface area contributed by atoms with Crippen LogP contribution in [0, 0.1) is 31.1 Å². The molecule has 1 fully saturated rings. The molecule has 1 aliphatic rings. The standard InChI is InChI=1S/C27H29Cl2N3O/c1-4-17-13-16(2)26-23(14-17)32(3)24(31-26)15-21-22(28)10-9-20(25(21)29)27(33)19-7-5-18(6-8-19)11-12-30/h1,9-10,13-14,18-19H,5-8,11-12,15,30H2,2-3H3. The predicted molar refractivity (Wildman–Crippen MR) is 136 cm³/mol. The number of nitrogens with two attached hydrogens (primary N) is 1. The number of fused-ring (bicyclic) bond motifs is 1. The zero-order valence-corrected chi connectivity index (χ0v) is 20.6. The van der Waals surface area contributed by atoms with Gasteiger partial charge in [0.25, 0.3) is 0 Å². The zero-order chi connectivity index (χ0) is 23.7. The Morgan fingerprint density at radius 2 is 1.97 bits per heavy atom. The van der Waals surface area contributed by atoms with Gasteiger partial charge in [-0.25, -0.2) is 4.98 Å². The number of benzene rings is 2. The lowest BCUT2D eigenvalue weighted by molar-refractivity contribution is 0.0870. The largest absolute Gasteiger partial charge is 0.331 e. The van der Waals surface area contributed by atoms with Gasteiger partial charge in [-0.05, 0) is 86.9 Å². The Balaban J connectivity index is 1.63. The van der Waals surface area contributed by atoms with Crippen LogP contribution < -0.4 is 5.73 Å². The summed E-state index contributed by atoms with van der Waals surface area (Å²) in [6, 6.07) is 7.46. The maximum absolute atomic E-state index is 13.3. The number of carbonyl (C=O) groups excluding carboxylic acids is 1. The number of rotatable bonds is 6. The molecule has 4 nitrogen and oxygen atoms in total. The van der Waals surface area contributed by atoms with Crippen molar-refractivity contribution < 1.29 is 4.79 Å². The number of halogens is 2. The van der Waals surface area contributed by atoms with E-state index in [1.165, 1.54) is 0 Å². The Morgan fingerprint density at radius 1 is 1.24 bits per heavy atom. The summed E-state index contributed by atoms with van der Waals surface area (Å²) < 4.78 is 2.02. The fourth-order valence-electron chi connectivity index (χ4n) is 5.02. The molecule has 33 heavy (non-hydrogen) atoms. The van der Waals surface area contributed by atoms with E-state index in [2.05, 4.69) is 5.92 Å². The summed E-state index contributed by atoms with van der Waals surface area (Å²) in [6.07, 6.45) is 10.9. The van der Waals surface area contributed by atoms with E-state index >= 15 is 0 Å². The number of hydrogen-bond acceptors (Lipinski definition) is 3. The molecule has 1 heterocycles. The number of aryl methyl sites for hydroxylation is 2. The SMILES string of the molecule is C#Cc1cc(C)c2nc(Cc3c(Cl)ccc(C(=O)C4CCC(CCN)CC4)c3Cl)n(C)c2c1. The first kappa shape index (κ1) is 23.8. The van der Waals surface area contributed by atoms with Gasteiger partial charge in [0.1, 0.15) is 5.82 Å². The van der Waals surface area contributed by atoms with E-state index in [1.54, 1.807) is 12.1 Å². The highest BCUT2D eigenvalue weighted by atomic mass is 35.5. The van der Waals surface area contributed by atoms with Crippen LogP contribution in [-0.4, -0.2) is 21.9 Å². The average Bonchev–Trinajstić information content (AvgIpc) is 3.13. The first-order valence-corrected chi connectivity index (χ1v) is 12.2. The predicted octanol–water partition coefficient (Wildman–Crippen LogP) is 6.10. The second-order valence-electron chi connectivity index (χ2n) is 9.12. The summed E-state index contributed by atoms with van der Waals surface area (Å²) in [6.45, 7) is 2.71. The molecule has 0 bridgehead atoms. The lowest BCUT2D eigenvalue weighted by Crippen LogP contribution is -2.23. The van der Waals surface area contributed by atoms with Gasteiger partial charge in [-0.2, -0.15) is 0 Å². The Morgan fingerprint density at radius 3 is 2.64 bits per heavy atom. The minimum atomic E-state index is 0.00568. The van der Waals surface area contributed by atoms with E-state index in [0.717, 1.165) is 65.7 Å². The van der Waals surface area contributed by atoms with Crippen LogP contribution in [0.4, 0.5) is 0 Å². The Kier molecular flexibility index (Phi) is 7.14. The maximum Gasteiger partial charge on any atom is 0.167 e. The van der Waals surface area contributed by atoms with Gasteiger partial charge < -0.3 is 10.3 Å². The van der Waals surface area contributed by atoms with Gasteiger partial charge in [-0.15, -0.1) is 6.42 Å². The molecule has 6 heteroatoms. The first-order valence-electron chi connectivity index (χ1n) is 11.5. The molecule has 2 aromatic carbocycles. The van der Waals surface area contributed by atoms with E-state index in [9.17, 15) is 4.79 Å². The highest BCUT2D eigenvalue weighted by molar-refractivity contribution is 6.38. The Hall–Kier alpha value is -2.32. The molecule has 0 atom stereocenters. The number of imidazole rings is 1. The molecule has 1 saturated carbocycles. The minimum absolute atomic E-state index is 0.00568. The van der Waals surface area contributed by atoms with Crippen LogP contribution >= 0.6 is 23.2 Å². The van der Waals surface area contributed by atoms with Crippen molar-refractivity contribution >= 4 is 40.0 Å². The van der Waals surface area contributed by atoms with Crippen LogP contribution in [-0.2, 0) is 13.5 Å². The highest BCUT2D eigenvalue weighted by Crippen LogP contribution is 2.37. The van der Waals surface area contributed by atoms with E-state index in [1.807, 2.05) is 30.7 Å². The number of aromatic nitrogens is 2.